The Morgan fingerprint density at radius 3 is 2.38 bits per heavy atom. The van der Waals surface area contributed by atoms with Crippen molar-refractivity contribution in [3.8, 4) is 0 Å². The van der Waals surface area contributed by atoms with E-state index in [-0.39, 0.29) is 16.3 Å². The van der Waals surface area contributed by atoms with Crippen molar-refractivity contribution < 1.29 is 23.1 Å². The molecule has 0 fully saturated rings. The molecule has 2 amide bonds. The summed E-state index contributed by atoms with van der Waals surface area (Å²) in [7, 11) is -3.20. The molecule has 7 nitrogen and oxygen atoms in total. The first kappa shape index (κ1) is 17.4. The van der Waals surface area contributed by atoms with Crippen LogP contribution in [0.1, 0.15) is 27.7 Å². The number of carboxylic acids is 1. The molecule has 0 aliphatic carbocycles. The molecule has 0 bridgehead atoms. The molecule has 1 aromatic rings. The SMILES string of the molecule is Cc1sc(NC(=O)NC(C)CS(C)(=O)=O)c(C(=O)O)c1C. The van der Waals surface area contributed by atoms with Crippen molar-refractivity contribution in [3.63, 3.8) is 0 Å². The van der Waals surface area contributed by atoms with E-state index < -0.39 is 27.9 Å². The van der Waals surface area contributed by atoms with Gasteiger partial charge in [0.15, 0.2) is 0 Å². The van der Waals surface area contributed by atoms with Gasteiger partial charge in [-0.25, -0.2) is 18.0 Å². The van der Waals surface area contributed by atoms with Crippen LogP contribution < -0.4 is 10.6 Å². The molecule has 1 aromatic heterocycles. The van der Waals surface area contributed by atoms with E-state index in [1.807, 2.05) is 0 Å². The molecule has 9 heteroatoms. The minimum Gasteiger partial charge on any atom is -0.478 e. The van der Waals surface area contributed by atoms with Crippen LogP contribution >= 0.6 is 11.3 Å². The van der Waals surface area contributed by atoms with Crippen LogP contribution in [-0.4, -0.2) is 43.6 Å². The maximum absolute atomic E-state index is 11.8. The van der Waals surface area contributed by atoms with Gasteiger partial charge >= 0.3 is 12.0 Å². The molecule has 3 N–H and O–H groups in total. The van der Waals surface area contributed by atoms with Crippen LogP contribution in [0.2, 0.25) is 0 Å². The molecule has 0 spiro atoms. The number of amides is 2. The number of hydrogen-bond donors (Lipinski definition) is 3. The Morgan fingerprint density at radius 1 is 1.33 bits per heavy atom. The molecule has 0 saturated carbocycles. The number of aryl methyl sites for hydroxylation is 1. The molecule has 1 rings (SSSR count). The zero-order chi connectivity index (χ0) is 16.4. The third-order valence-corrected chi connectivity index (χ3v) is 4.98. The fraction of sp³-hybridized carbons (Fsp3) is 0.500. The number of carbonyl (C=O) groups is 2. The molecule has 21 heavy (non-hydrogen) atoms. The van der Waals surface area contributed by atoms with Crippen molar-refractivity contribution in [1.82, 2.24) is 5.32 Å². The molecular formula is C12H18N2O5S2. The van der Waals surface area contributed by atoms with E-state index in [0.717, 1.165) is 11.1 Å². The van der Waals surface area contributed by atoms with Crippen LogP contribution in [0, 0.1) is 13.8 Å². The van der Waals surface area contributed by atoms with Gasteiger partial charge in [-0.2, -0.15) is 0 Å². The number of nitrogens with one attached hydrogen (secondary N) is 2. The first-order chi connectivity index (χ1) is 9.51. The van der Waals surface area contributed by atoms with Gasteiger partial charge in [-0.15, -0.1) is 11.3 Å². The van der Waals surface area contributed by atoms with Crippen LogP contribution in [0.3, 0.4) is 0 Å². The summed E-state index contributed by atoms with van der Waals surface area (Å²) in [6.07, 6.45) is 1.08. The molecule has 0 aromatic carbocycles. The topological polar surface area (TPSA) is 113 Å². The summed E-state index contributed by atoms with van der Waals surface area (Å²) in [5.41, 5.74) is 0.662. The lowest BCUT2D eigenvalue weighted by atomic mass is 10.1. The fourth-order valence-electron chi connectivity index (χ4n) is 1.83. The fourth-order valence-corrected chi connectivity index (χ4v) is 3.87. The average Bonchev–Trinajstić information content (AvgIpc) is 2.50. The number of sulfone groups is 1. The Bertz CT molecular complexity index is 663. The minimum atomic E-state index is -3.20. The number of anilines is 1. The average molecular weight is 334 g/mol. The van der Waals surface area contributed by atoms with Crippen molar-refractivity contribution in [2.24, 2.45) is 0 Å². The molecule has 1 unspecified atom stereocenters. The van der Waals surface area contributed by atoms with Gasteiger partial charge in [0, 0.05) is 17.2 Å². The molecule has 1 atom stereocenters. The molecule has 0 saturated heterocycles. The van der Waals surface area contributed by atoms with Crippen LogP contribution in [0.4, 0.5) is 9.80 Å². The van der Waals surface area contributed by atoms with Crippen LogP contribution in [-0.2, 0) is 9.84 Å². The van der Waals surface area contributed by atoms with E-state index in [4.69, 9.17) is 5.11 Å². The van der Waals surface area contributed by atoms with E-state index in [0.29, 0.717) is 5.56 Å². The van der Waals surface area contributed by atoms with Crippen molar-refractivity contribution in [1.29, 1.82) is 0 Å². The largest absolute Gasteiger partial charge is 0.478 e. The van der Waals surface area contributed by atoms with Gasteiger partial charge in [-0.1, -0.05) is 0 Å². The number of rotatable bonds is 5. The minimum absolute atomic E-state index is 0.0587. The summed E-state index contributed by atoms with van der Waals surface area (Å²) < 4.78 is 22.3. The lowest BCUT2D eigenvalue weighted by Crippen LogP contribution is -2.40. The highest BCUT2D eigenvalue weighted by molar-refractivity contribution is 7.90. The van der Waals surface area contributed by atoms with Gasteiger partial charge in [-0.05, 0) is 26.3 Å². The second-order valence-electron chi connectivity index (χ2n) is 4.88. The van der Waals surface area contributed by atoms with Crippen molar-refractivity contribution in [2.75, 3.05) is 17.3 Å². The lowest BCUT2D eigenvalue weighted by molar-refractivity contribution is 0.0697. The van der Waals surface area contributed by atoms with Crippen LogP contribution in [0.25, 0.3) is 0 Å². The zero-order valence-electron chi connectivity index (χ0n) is 12.2. The summed E-state index contributed by atoms with van der Waals surface area (Å²) in [6.45, 7) is 5.00. The second kappa shape index (κ2) is 6.44. The normalized spacial score (nSPS) is 12.8. The van der Waals surface area contributed by atoms with Gasteiger partial charge in [0.05, 0.1) is 11.3 Å². The quantitative estimate of drug-likeness (QED) is 0.757. The Morgan fingerprint density at radius 2 is 1.90 bits per heavy atom. The third-order valence-electron chi connectivity index (χ3n) is 2.76. The van der Waals surface area contributed by atoms with Crippen LogP contribution in [0.15, 0.2) is 0 Å². The van der Waals surface area contributed by atoms with Crippen molar-refractivity contribution in [3.05, 3.63) is 16.0 Å². The van der Waals surface area contributed by atoms with Crippen molar-refractivity contribution in [2.45, 2.75) is 26.8 Å². The Kier molecular flexibility index (Phi) is 5.35. The molecule has 0 aliphatic rings. The van der Waals surface area contributed by atoms with E-state index in [1.54, 1.807) is 20.8 Å². The highest BCUT2D eigenvalue weighted by atomic mass is 32.2. The summed E-state index contributed by atoms with van der Waals surface area (Å²) >= 11 is 1.17. The molecule has 1 heterocycles. The number of carbonyl (C=O) groups excluding carboxylic acids is 1. The number of hydrogen-bond acceptors (Lipinski definition) is 5. The molecule has 0 aliphatic heterocycles. The number of urea groups is 1. The maximum atomic E-state index is 11.8. The highest BCUT2D eigenvalue weighted by Gasteiger charge is 2.21. The van der Waals surface area contributed by atoms with Gasteiger partial charge in [0.25, 0.3) is 0 Å². The van der Waals surface area contributed by atoms with Gasteiger partial charge in [0.2, 0.25) is 0 Å². The predicted molar refractivity (Wildman–Crippen MR) is 82.1 cm³/mol. The number of carboxylic acid groups (broad SMARTS) is 1. The van der Waals surface area contributed by atoms with Gasteiger partial charge in [-0.3, -0.25) is 5.32 Å². The predicted octanol–water partition coefficient (Wildman–Crippen LogP) is 1.62. The standard InChI is InChI=1S/C12H18N2O5S2/c1-6(5-21(4,18)19)13-12(17)14-10-9(11(15)16)7(2)8(3)20-10/h6H,5H2,1-4H3,(H,15,16)(H2,13,14,17). The molecular weight excluding hydrogens is 316 g/mol. The number of thiophene rings is 1. The Hall–Kier alpha value is -1.61. The van der Waals surface area contributed by atoms with Crippen LogP contribution in [0.5, 0.6) is 0 Å². The summed E-state index contributed by atoms with van der Waals surface area (Å²) in [5, 5.41) is 14.3. The van der Waals surface area contributed by atoms with E-state index >= 15 is 0 Å². The van der Waals surface area contributed by atoms with E-state index in [1.165, 1.54) is 11.3 Å². The first-order valence-corrected chi connectivity index (χ1v) is 8.97. The maximum Gasteiger partial charge on any atom is 0.338 e. The summed E-state index contributed by atoms with van der Waals surface area (Å²) in [5.74, 6) is -1.30. The Balaban J connectivity index is 2.81. The lowest BCUT2D eigenvalue weighted by Gasteiger charge is -2.13. The molecule has 0 radical (unpaired) electrons. The summed E-state index contributed by atoms with van der Waals surface area (Å²) in [6, 6.07) is -1.20. The molecule has 118 valence electrons. The smallest absolute Gasteiger partial charge is 0.338 e. The first-order valence-electron chi connectivity index (χ1n) is 6.09. The zero-order valence-corrected chi connectivity index (χ0v) is 13.8. The summed E-state index contributed by atoms with van der Waals surface area (Å²) in [4.78, 5) is 23.8. The monoisotopic (exact) mass is 334 g/mol. The van der Waals surface area contributed by atoms with E-state index in [9.17, 15) is 18.0 Å². The number of aromatic carboxylic acids is 1. The Labute approximate surface area is 127 Å². The van der Waals surface area contributed by atoms with Gasteiger partial charge in [0.1, 0.15) is 14.8 Å². The second-order valence-corrected chi connectivity index (χ2v) is 8.29. The third kappa shape index (κ3) is 5.01. The van der Waals surface area contributed by atoms with E-state index in [2.05, 4.69) is 10.6 Å². The van der Waals surface area contributed by atoms with Crippen molar-refractivity contribution >= 4 is 38.2 Å². The highest BCUT2D eigenvalue weighted by Crippen LogP contribution is 2.32. The van der Waals surface area contributed by atoms with Gasteiger partial charge < -0.3 is 10.4 Å².